The van der Waals surface area contributed by atoms with Crippen molar-refractivity contribution in [3.05, 3.63) is 0 Å². The number of nitrogens with zero attached hydrogens (tertiary/aromatic N) is 1. The third kappa shape index (κ3) is 3.32. The van der Waals surface area contributed by atoms with Crippen LogP contribution in [0.25, 0.3) is 0 Å². The van der Waals surface area contributed by atoms with Gasteiger partial charge in [-0.25, -0.2) is 0 Å². The van der Waals surface area contributed by atoms with Crippen LogP contribution in [-0.4, -0.2) is 48.3 Å². The molecule has 1 aliphatic heterocycles. The van der Waals surface area contributed by atoms with E-state index in [0.29, 0.717) is 12.0 Å². The van der Waals surface area contributed by atoms with Crippen molar-refractivity contribution in [1.29, 1.82) is 0 Å². The zero-order valence-electron chi connectivity index (χ0n) is 14.4. The Morgan fingerprint density at radius 2 is 1.68 bits per heavy atom. The zero-order valence-corrected chi connectivity index (χ0v) is 14.4. The van der Waals surface area contributed by atoms with Crippen LogP contribution in [-0.2, 0) is 4.74 Å². The normalized spacial score (nSPS) is 30.0. The summed E-state index contributed by atoms with van der Waals surface area (Å²) in [6.07, 6.45) is 1.16. The number of ether oxygens (including phenoxy) is 1. The first-order chi connectivity index (χ1) is 8.48. The monoisotopic (exact) mass is 270 g/mol. The summed E-state index contributed by atoms with van der Waals surface area (Å²) in [7, 11) is 4.28. The maximum Gasteiger partial charge on any atom is 0.0790 e. The van der Waals surface area contributed by atoms with Gasteiger partial charge in [0.15, 0.2) is 0 Å². The lowest BCUT2D eigenvalue weighted by Gasteiger charge is -2.40. The summed E-state index contributed by atoms with van der Waals surface area (Å²) in [5.74, 6) is 0.489. The Balaban J connectivity index is 2.91. The molecule has 0 aliphatic carbocycles. The summed E-state index contributed by atoms with van der Waals surface area (Å²) < 4.78 is 6.31. The van der Waals surface area contributed by atoms with Crippen molar-refractivity contribution in [1.82, 2.24) is 10.2 Å². The lowest BCUT2D eigenvalue weighted by atomic mass is 9.81. The number of nitrogens with one attached hydrogen (secondary N) is 1. The minimum absolute atomic E-state index is 0.0880. The number of hydrogen-bond acceptors (Lipinski definition) is 3. The molecule has 19 heavy (non-hydrogen) atoms. The average Bonchev–Trinajstić information content (AvgIpc) is 2.43. The summed E-state index contributed by atoms with van der Waals surface area (Å²) in [6.45, 7) is 16.8. The molecule has 1 fully saturated rings. The minimum atomic E-state index is -0.111. The van der Waals surface area contributed by atoms with Gasteiger partial charge in [-0.1, -0.05) is 6.92 Å². The van der Waals surface area contributed by atoms with E-state index in [4.69, 9.17) is 4.74 Å². The SMILES string of the molecule is CCC(C)(C)N(C)CC1C(NC)C(C)(C)OC1(C)C. The van der Waals surface area contributed by atoms with Crippen molar-refractivity contribution in [2.75, 3.05) is 20.6 Å². The Kier molecular flexibility index (Phi) is 4.76. The highest BCUT2D eigenvalue weighted by molar-refractivity contribution is 5.06. The molecule has 0 amide bonds. The van der Waals surface area contributed by atoms with Gasteiger partial charge in [-0.2, -0.15) is 0 Å². The maximum atomic E-state index is 6.31. The quantitative estimate of drug-likeness (QED) is 0.831. The van der Waals surface area contributed by atoms with E-state index < -0.39 is 0 Å². The summed E-state index contributed by atoms with van der Waals surface area (Å²) in [4.78, 5) is 2.48. The molecule has 114 valence electrons. The lowest BCUT2D eigenvalue weighted by Crippen LogP contribution is -2.52. The van der Waals surface area contributed by atoms with Crippen LogP contribution in [0.15, 0.2) is 0 Å². The highest BCUT2D eigenvalue weighted by atomic mass is 16.5. The first-order valence-corrected chi connectivity index (χ1v) is 7.56. The van der Waals surface area contributed by atoms with Crippen molar-refractivity contribution in [3.63, 3.8) is 0 Å². The summed E-state index contributed by atoms with van der Waals surface area (Å²) in [5.41, 5.74) is 0.0382. The predicted molar refractivity (Wildman–Crippen MR) is 82.6 cm³/mol. The van der Waals surface area contributed by atoms with Crippen LogP contribution in [0, 0.1) is 5.92 Å². The average molecular weight is 270 g/mol. The third-order valence-electron chi connectivity index (χ3n) is 5.25. The fourth-order valence-electron chi connectivity index (χ4n) is 3.39. The van der Waals surface area contributed by atoms with E-state index >= 15 is 0 Å². The van der Waals surface area contributed by atoms with E-state index in [1.54, 1.807) is 0 Å². The van der Waals surface area contributed by atoms with E-state index in [1.165, 1.54) is 0 Å². The van der Waals surface area contributed by atoms with Gasteiger partial charge in [-0.3, -0.25) is 0 Å². The smallest absolute Gasteiger partial charge is 0.0790 e. The van der Waals surface area contributed by atoms with E-state index in [2.05, 4.69) is 72.8 Å². The largest absolute Gasteiger partial charge is 0.368 e. The molecule has 0 saturated carbocycles. The van der Waals surface area contributed by atoms with Gasteiger partial charge in [0.1, 0.15) is 0 Å². The second kappa shape index (κ2) is 5.34. The molecule has 0 spiro atoms. The molecule has 1 N–H and O–H groups in total. The van der Waals surface area contributed by atoms with Gasteiger partial charge < -0.3 is 15.0 Å². The van der Waals surface area contributed by atoms with Gasteiger partial charge in [0, 0.05) is 24.0 Å². The molecule has 2 atom stereocenters. The van der Waals surface area contributed by atoms with Crippen LogP contribution in [0.3, 0.4) is 0 Å². The topological polar surface area (TPSA) is 24.5 Å². The van der Waals surface area contributed by atoms with Crippen LogP contribution < -0.4 is 5.32 Å². The summed E-state index contributed by atoms with van der Waals surface area (Å²) in [6, 6.07) is 0.387. The Bertz CT molecular complexity index is 310. The highest BCUT2D eigenvalue weighted by Gasteiger charge is 2.53. The van der Waals surface area contributed by atoms with Crippen LogP contribution in [0.2, 0.25) is 0 Å². The van der Waals surface area contributed by atoms with Crippen LogP contribution in [0.1, 0.15) is 54.9 Å². The Labute approximate surface area is 120 Å². The molecule has 1 rings (SSSR count). The Hall–Kier alpha value is -0.120. The molecule has 0 radical (unpaired) electrons. The zero-order chi connectivity index (χ0) is 15.1. The Morgan fingerprint density at radius 1 is 1.16 bits per heavy atom. The predicted octanol–water partition coefficient (Wildman–Crippen LogP) is 2.90. The van der Waals surface area contributed by atoms with Gasteiger partial charge in [0.05, 0.1) is 11.2 Å². The van der Waals surface area contributed by atoms with E-state index in [-0.39, 0.29) is 16.7 Å². The number of hydrogen-bond donors (Lipinski definition) is 1. The molecule has 0 aromatic rings. The fraction of sp³-hybridized carbons (Fsp3) is 1.00. The first-order valence-electron chi connectivity index (χ1n) is 7.56. The van der Waals surface area contributed by atoms with Gasteiger partial charge in [0.2, 0.25) is 0 Å². The maximum absolute atomic E-state index is 6.31. The summed E-state index contributed by atoms with van der Waals surface area (Å²) >= 11 is 0. The van der Waals surface area contributed by atoms with Crippen LogP contribution >= 0.6 is 0 Å². The summed E-state index contributed by atoms with van der Waals surface area (Å²) in [5, 5.41) is 3.48. The van der Waals surface area contributed by atoms with Gasteiger partial charge >= 0.3 is 0 Å². The second-order valence-electron chi connectivity index (χ2n) is 7.73. The van der Waals surface area contributed by atoms with E-state index in [0.717, 1.165) is 13.0 Å². The Morgan fingerprint density at radius 3 is 2.11 bits per heavy atom. The minimum Gasteiger partial charge on any atom is -0.368 e. The number of likely N-dealkylation sites (N-methyl/N-ethyl adjacent to an activating group) is 1. The molecule has 0 bridgehead atoms. The van der Waals surface area contributed by atoms with Crippen molar-refractivity contribution in [2.45, 2.75) is 77.7 Å². The molecule has 2 unspecified atom stereocenters. The molecular formula is C16H34N2O. The molecular weight excluding hydrogens is 236 g/mol. The van der Waals surface area contributed by atoms with Crippen molar-refractivity contribution < 1.29 is 4.74 Å². The lowest BCUT2D eigenvalue weighted by molar-refractivity contribution is -0.0805. The van der Waals surface area contributed by atoms with Crippen molar-refractivity contribution in [2.24, 2.45) is 5.92 Å². The molecule has 1 saturated heterocycles. The third-order valence-corrected chi connectivity index (χ3v) is 5.25. The molecule has 3 nitrogen and oxygen atoms in total. The first kappa shape index (κ1) is 16.9. The molecule has 1 heterocycles. The standard InChI is InChI=1S/C16H34N2O/c1-10-14(2,3)18(9)11-12-13(17-8)16(6,7)19-15(12,4)5/h12-13,17H,10-11H2,1-9H3. The highest BCUT2D eigenvalue weighted by Crippen LogP contribution is 2.43. The van der Waals surface area contributed by atoms with Gasteiger partial charge in [-0.15, -0.1) is 0 Å². The van der Waals surface area contributed by atoms with Gasteiger partial charge in [0.25, 0.3) is 0 Å². The molecule has 0 aromatic heterocycles. The van der Waals surface area contributed by atoms with Gasteiger partial charge in [-0.05, 0) is 62.1 Å². The van der Waals surface area contributed by atoms with Crippen molar-refractivity contribution >= 4 is 0 Å². The molecule has 1 aliphatic rings. The molecule has 3 heteroatoms. The molecule has 0 aromatic carbocycles. The second-order valence-corrected chi connectivity index (χ2v) is 7.73. The fourth-order valence-corrected chi connectivity index (χ4v) is 3.39. The van der Waals surface area contributed by atoms with Crippen LogP contribution in [0.4, 0.5) is 0 Å². The van der Waals surface area contributed by atoms with E-state index in [9.17, 15) is 0 Å². The van der Waals surface area contributed by atoms with E-state index in [1.807, 2.05) is 0 Å². The van der Waals surface area contributed by atoms with Crippen molar-refractivity contribution in [3.8, 4) is 0 Å². The number of rotatable bonds is 5. The van der Waals surface area contributed by atoms with Crippen LogP contribution in [0.5, 0.6) is 0 Å².